The van der Waals surface area contributed by atoms with Crippen molar-refractivity contribution in [3.05, 3.63) is 71.4 Å². The fourth-order valence-electron chi connectivity index (χ4n) is 5.32. The number of nitrogens with zero attached hydrogens (tertiary/aromatic N) is 5. The summed E-state index contributed by atoms with van der Waals surface area (Å²) >= 11 is 0. The zero-order chi connectivity index (χ0) is 26.2. The number of aromatic nitrogens is 1. The molecule has 2 saturated heterocycles. The highest BCUT2D eigenvalue weighted by atomic mass is 32.2. The van der Waals surface area contributed by atoms with Gasteiger partial charge in [-0.25, -0.2) is 17.3 Å². The number of carbonyl (C=O) groups excluding carboxylic acids is 1. The molecule has 2 aliphatic rings. The summed E-state index contributed by atoms with van der Waals surface area (Å²) in [6.07, 6.45) is 4.10. The molecule has 0 spiro atoms. The van der Waals surface area contributed by atoms with E-state index in [2.05, 4.69) is 11.1 Å². The minimum atomic E-state index is -1.11. The molecule has 0 saturated carbocycles. The number of amides is 1. The zero-order valence-corrected chi connectivity index (χ0v) is 21.3. The smallest absolute Gasteiger partial charge is 0.257 e. The summed E-state index contributed by atoms with van der Waals surface area (Å²) in [5.41, 5.74) is 1.38. The molecule has 2 fully saturated rings. The third-order valence-corrected chi connectivity index (χ3v) is 8.57. The summed E-state index contributed by atoms with van der Waals surface area (Å²) in [4.78, 5) is 21.7. The molecule has 192 valence electrons. The molecule has 0 aliphatic carbocycles. The first-order valence-electron chi connectivity index (χ1n) is 12.2. The summed E-state index contributed by atoms with van der Waals surface area (Å²) in [6.45, 7) is 2.69. The van der Waals surface area contributed by atoms with Crippen LogP contribution in [0.2, 0.25) is 0 Å². The molecule has 1 atom stereocenters. The third kappa shape index (κ3) is 4.69. The second kappa shape index (κ2) is 10.1. The van der Waals surface area contributed by atoms with E-state index in [1.807, 2.05) is 35.2 Å². The maximum Gasteiger partial charge on any atom is 0.257 e. The predicted octanol–water partition coefficient (Wildman–Crippen LogP) is 3.63. The zero-order valence-electron chi connectivity index (χ0n) is 20.5. The number of piperidine rings is 1. The number of hydrogen-bond donors (Lipinski definition) is 0. The van der Waals surface area contributed by atoms with Gasteiger partial charge in [0.2, 0.25) is 0 Å². The number of carbonyl (C=O) groups is 1. The van der Waals surface area contributed by atoms with Crippen LogP contribution >= 0.6 is 0 Å². The van der Waals surface area contributed by atoms with E-state index >= 15 is 0 Å². The molecule has 3 aromatic rings. The van der Waals surface area contributed by atoms with Crippen LogP contribution in [0.25, 0.3) is 10.9 Å². The number of pyridine rings is 1. The normalized spacial score (nSPS) is 19.0. The maximum absolute atomic E-state index is 14.4. The average molecular weight is 524 g/mol. The molecule has 0 bridgehead atoms. The molecule has 5 rings (SSSR count). The van der Waals surface area contributed by atoms with Gasteiger partial charge < -0.3 is 9.80 Å². The number of benzene rings is 2. The van der Waals surface area contributed by atoms with Crippen LogP contribution in [0.1, 0.15) is 28.8 Å². The van der Waals surface area contributed by atoms with Crippen LogP contribution in [0.4, 0.5) is 14.5 Å². The Morgan fingerprint density at radius 2 is 1.68 bits per heavy atom. The lowest BCUT2D eigenvalue weighted by Crippen LogP contribution is -2.49. The maximum atomic E-state index is 14.4. The molecule has 0 radical (unpaired) electrons. The van der Waals surface area contributed by atoms with Gasteiger partial charge in [-0.2, -0.15) is 5.26 Å². The van der Waals surface area contributed by atoms with Gasteiger partial charge >= 0.3 is 0 Å². The van der Waals surface area contributed by atoms with Crippen LogP contribution in [-0.4, -0.2) is 69.8 Å². The van der Waals surface area contributed by atoms with E-state index in [1.165, 1.54) is 6.20 Å². The highest BCUT2D eigenvalue weighted by Gasteiger charge is 2.38. The van der Waals surface area contributed by atoms with Gasteiger partial charge in [-0.05, 0) is 24.5 Å². The molecule has 2 aromatic carbocycles. The number of fused-ring (bicyclic) bond motifs is 1. The molecule has 1 amide bonds. The van der Waals surface area contributed by atoms with E-state index in [0.717, 1.165) is 17.7 Å². The first-order chi connectivity index (χ1) is 17.8. The average Bonchev–Trinajstić information content (AvgIpc) is 2.93. The molecule has 7 nitrogen and oxygen atoms in total. The lowest BCUT2D eigenvalue weighted by molar-refractivity contribution is 0.0701. The van der Waals surface area contributed by atoms with Crippen molar-refractivity contribution in [2.24, 2.45) is 0 Å². The molecule has 3 heterocycles. The van der Waals surface area contributed by atoms with Gasteiger partial charge in [-0.15, -0.1) is 0 Å². The van der Waals surface area contributed by atoms with Crippen molar-refractivity contribution >= 4 is 33.5 Å². The number of rotatable bonds is 4. The van der Waals surface area contributed by atoms with Crippen molar-refractivity contribution in [3.63, 3.8) is 0 Å². The molecule has 10 heteroatoms. The Bertz CT molecular complexity index is 1400. The molecule has 1 aromatic heterocycles. The monoisotopic (exact) mass is 523 g/mol. The van der Waals surface area contributed by atoms with Crippen LogP contribution in [0.15, 0.2) is 48.7 Å². The number of anilines is 1. The predicted molar refractivity (Wildman–Crippen MR) is 138 cm³/mol. The van der Waals surface area contributed by atoms with Gasteiger partial charge in [-0.1, -0.05) is 30.3 Å². The summed E-state index contributed by atoms with van der Waals surface area (Å²) in [6, 6.07) is 14.3. The lowest BCUT2D eigenvalue weighted by atomic mass is 9.74. The van der Waals surface area contributed by atoms with Crippen LogP contribution in [0, 0.1) is 23.0 Å². The minimum absolute atomic E-state index is 0.254. The van der Waals surface area contributed by atoms with Crippen LogP contribution in [0.3, 0.4) is 0 Å². The van der Waals surface area contributed by atoms with E-state index in [-0.39, 0.29) is 11.4 Å². The van der Waals surface area contributed by atoms with Gasteiger partial charge in [-0.3, -0.25) is 9.78 Å². The van der Waals surface area contributed by atoms with Crippen LogP contribution < -0.4 is 4.90 Å². The second-order valence-electron chi connectivity index (χ2n) is 9.50. The van der Waals surface area contributed by atoms with Crippen molar-refractivity contribution in [1.29, 1.82) is 5.26 Å². The van der Waals surface area contributed by atoms with Crippen molar-refractivity contribution < 1.29 is 17.8 Å². The lowest BCUT2D eigenvalue weighted by Gasteiger charge is -2.40. The van der Waals surface area contributed by atoms with Crippen molar-refractivity contribution in [2.45, 2.75) is 18.3 Å². The molecule has 0 N–H and O–H groups in total. The Morgan fingerprint density at radius 1 is 1.03 bits per heavy atom. The summed E-state index contributed by atoms with van der Waals surface area (Å²) in [7, 11) is -1.11. The van der Waals surface area contributed by atoms with E-state index in [4.69, 9.17) is 0 Å². The standard InChI is InChI=1S/C27H27F2N5O2S/c1-37(36)34-13-11-33(12-14-34)26(35)21-17-31-24-16-23(29)22(28)15-20(24)25(21)32-9-7-27(18-30,8-10-32)19-5-3-2-4-6-19/h2-6,15-17H,7-14H2,1H3. The largest absolute Gasteiger partial charge is 0.370 e. The Balaban J connectivity index is 1.51. The topological polar surface area (TPSA) is 80.5 Å². The Labute approximate surface area is 216 Å². The first kappa shape index (κ1) is 25.2. The van der Waals surface area contributed by atoms with Crippen molar-refractivity contribution in [3.8, 4) is 6.07 Å². The van der Waals surface area contributed by atoms with Gasteiger partial charge in [0, 0.05) is 63.2 Å². The third-order valence-electron chi connectivity index (χ3n) is 7.48. The van der Waals surface area contributed by atoms with Gasteiger partial charge in [0.05, 0.1) is 39.2 Å². The van der Waals surface area contributed by atoms with Crippen molar-refractivity contribution in [2.75, 3.05) is 50.4 Å². The van der Waals surface area contributed by atoms with E-state index in [1.54, 1.807) is 15.5 Å². The summed E-state index contributed by atoms with van der Waals surface area (Å²) in [5.74, 6) is -2.26. The molecule has 2 aliphatic heterocycles. The Kier molecular flexibility index (Phi) is 6.92. The number of hydrogen-bond acceptors (Lipinski definition) is 5. The van der Waals surface area contributed by atoms with Gasteiger partial charge in [0.25, 0.3) is 5.91 Å². The Morgan fingerprint density at radius 3 is 2.30 bits per heavy atom. The fraction of sp³-hybridized carbons (Fsp3) is 0.370. The quantitative estimate of drug-likeness (QED) is 0.522. The summed E-state index contributed by atoms with van der Waals surface area (Å²) in [5, 5.41) is 10.5. The number of halogens is 2. The number of piperazine rings is 1. The highest BCUT2D eigenvalue weighted by Crippen LogP contribution is 2.40. The van der Waals surface area contributed by atoms with Crippen LogP contribution in [-0.2, 0) is 16.4 Å². The van der Waals surface area contributed by atoms with Crippen LogP contribution in [0.5, 0.6) is 0 Å². The molecular formula is C27H27F2N5O2S. The van der Waals surface area contributed by atoms with Crippen molar-refractivity contribution in [1.82, 2.24) is 14.2 Å². The van der Waals surface area contributed by atoms with E-state index < -0.39 is 28.0 Å². The second-order valence-corrected chi connectivity index (χ2v) is 10.9. The van der Waals surface area contributed by atoms with Gasteiger partial charge in [0.1, 0.15) is 0 Å². The molecule has 1 unspecified atom stereocenters. The minimum Gasteiger partial charge on any atom is -0.370 e. The molecule has 37 heavy (non-hydrogen) atoms. The summed E-state index contributed by atoms with van der Waals surface area (Å²) < 4.78 is 42.1. The fourth-order valence-corrected chi connectivity index (χ4v) is 6.00. The highest BCUT2D eigenvalue weighted by molar-refractivity contribution is 7.81. The Hall–Kier alpha value is -3.42. The first-order valence-corrected chi connectivity index (χ1v) is 13.7. The van der Waals surface area contributed by atoms with Gasteiger partial charge in [0.15, 0.2) is 11.6 Å². The number of nitriles is 1. The SMILES string of the molecule is CS(=O)N1CCN(C(=O)c2cnc3cc(F)c(F)cc3c2N2CCC(C#N)(c3ccccc3)CC2)CC1. The molecular weight excluding hydrogens is 496 g/mol. The van der Waals surface area contributed by atoms with E-state index in [9.17, 15) is 23.0 Å². The van der Waals surface area contributed by atoms with E-state index in [0.29, 0.717) is 68.7 Å².